The molecule has 4 nitrogen and oxygen atoms in total. The predicted molar refractivity (Wildman–Crippen MR) is 115 cm³/mol. The number of hydrogen-bond donors (Lipinski definition) is 1. The topological polar surface area (TPSA) is 35.6 Å². The summed E-state index contributed by atoms with van der Waals surface area (Å²) in [4.78, 5) is 18.8. The molecule has 2 heterocycles. The van der Waals surface area contributed by atoms with Crippen LogP contribution in [0.1, 0.15) is 28.5 Å². The van der Waals surface area contributed by atoms with Crippen molar-refractivity contribution in [3.05, 3.63) is 50.2 Å². The minimum absolute atomic E-state index is 0.0727. The van der Waals surface area contributed by atoms with Crippen LogP contribution in [-0.2, 0) is 11.3 Å². The van der Waals surface area contributed by atoms with Crippen molar-refractivity contribution in [2.75, 3.05) is 31.5 Å². The number of thiophene rings is 1. The average molecular weight is 406 g/mol. The molecular formula is C21H28ClN3OS. The number of nitrogens with zero attached hydrogens (tertiary/aromatic N) is 2. The van der Waals surface area contributed by atoms with Gasteiger partial charge in [-0.1, -0.05) is 29.3 Å². The van der Waals surface area contributed by atoms with E-state index >= 15 is 0 Å². The summed E-state index contributed by atoms with van der Waals surface area (Å²) in [5, 5.41) is 3.15. The molecule has 1 aliphatic rings. The van der Waals surface area contributed by atoms with Gasteiger partial charge >= 0.3 is 0 Å². The number of aryl methyl sites for hydroxylation is 3. The first-order valence-electron chi connectivity index (χ1n) is 9.43. The van der Waals surface area contributed by atoms with Crippen molar-refractivity contribution in [1.29, 1.82) is 0 Å². The van der Waals surface area contributed by atoms with Gasteiger partial charge in [-0.15, -0.1) is 11.3 Å². The van der Waals surface area contributed by atoms with Crippen LogP contribution in [0.15, 0.2) is 24.3 Å². The van der Waals surface area contributed by atoms with Crippen molar-refractivity contribution in [1.82, 2.24) is 9.80 Å². The van der Waals surface area contributed by atoms with E-state index in [1.54, 1.807) is 11.3 Å². The summed E-state index contributed by atoms with van der Waals surface area (Å²) in [7, 11) is 0. The number of anilines is 1. The van der Waals surface area contributed by atoms with Gasteiger partial charge in [-0.05, 0) is 51.0 Å². The highest BCUT2D eigenvalue weighted by molar-refractivity contribution is 7.16. The highest BCUT2D eigenvalue weighted by Gasteiger charge is 2.26. The summed E-state index contributed by atoms with van der Waals surface area (Å²) in [6.07, 6.45) is 0. The van der Waals surface area contributed by atoms with Crippen LogP contribution in [0.5, 0.6) is 0 Å². The number of halogens is 1. The molecule has 1 fully saturated rings. The lowest BCUT2D eigenvalue weighted by molar-refractivity contribution is -0.121. The Morgan fingerprint density at radius 2 is 1.78 bits per heavy atom. The number of carbonyl (C=O) groups is 1. The molecule has 0 unspecified atom stereocenters. The Kier molecular flexibility index (Phi) is 6.58. The smallest absolute Gasteiger partial charge is 0.241 e. The summed E-state index contributed by atoms with van der Waals surface area (Å²) in [5.41, 5.74) is 4.41. The Morgan fingerprint density at radius 1 is 1.15 bits per heavy atom. The van der Waals surface area contributed by atoms with Crippen LogP contribution in [0.25, 0.3) is 0 Å². The van der Waals surface area contributed by atoms with Gasteiger partial charge in [-0.25, -0.2) is 0 Å². The van der Waals surface area contributed by atoms with Crippen molar-refractivity contribution in [3.8, 4) is 0 Å². The lowest BCUT2D eigenvalue weighted by Gasteiger charge is -2.37. The molecule has 0 saturated carbocycles. The van der Waals surface area contributed by atoms with Gasteiger partial charge in [0.05, 0.1) is 10.4 Å². The molecule has 146 valence electrons. The van der Waals surface area contributed by atoms with Crippen LogP contribution < -0.4 is 5.32 Å². The number of amides is 1. The van der Waals surface area contributed by atoms with Crippen molar-refractivity contribution >= 4 is 34.5 Å². The SMILES string of the molecule is Cc1cc(C)c(NC(=O)[C@@H](C)N2CCN(Cc3ccc(Cl)s3)CC2)c(C)c1. The standard InChI is InChI=1S/C21H28ClN3OS/c1-14-11-15(2)20(16(3)12-14)23-21(26)17(4)25-9-7-24(8-10-25)13-18-5-6-19(22)27-18/h5-6,11-12,17H,7-10,13H2,1-4H3,(H,23,26)/t17-/m1/s1. The molecule has 2 aromatic rings. The van der Waals surface area contributed by atoms with Crippen LogP contribution in [0.3, 0.4) is 0 Å². The normalized spacial score (nSPS) is 17.1. The number of piperazine rings is 1. The first-order valence-corrected chi connectivity index (χ1v) is 10.6. The van der Waals surface area contributed by atoms with Gasteiger partial charge in [0.2, 0.25) is 5.91 Å². The van der Waals surface area contributed by atoms with Crippen molar-refractivity contribution in [2.45, 2.75) is 40.3 Å². The van der Waals surface area contributed by atoms with E-state index in [2.05, 4.69) is 54.1 Å². The number of nitrogens with one attached hydrogen (secondary N) is 1. The molecule has 0 radical (unpaired) electrons. The summed E-state index contributed by atoms with van der Waals surface area (Å²) >= 11 is 7.67. The quantitative estimate of drug-likeness (QED) is 0.797. The molecule has 6 heteroatoms. The number of benzene rings is 1. The van der Waals surface area contributed by atoms with E-state index in [0.717, 1.165) is 53.9 Å². The van der Waals surface area contributed by atoms with Crippen LogP contribution >= 0.6 is 22.9 Å². The van der Waals surface area contributed by atoms with Crippen LogP contribution in [0.2, 0.25) is 4.34 Å². The molecular weight excluding hydrogens is 378 g/mol. The summed E-state index contributed by atoms with van der Waals surface area (Å²) < 4.78 is 0.843. The third kappa shape index (κ3) is 5.11. The van der Waals surface area contributed by atoms with Gasteiger partial charge in [0.15, 0.2) is 0 Å². The molecule has 27 heavy (non-hydrogen) atoms. The van der Waals surface area contributed by atoms with Gasteiger partial charge in [0, 0.05) is 43.3 Å². The fourth-order valence-electron chi connectivity index (χ4n) is 3.74. The van der Waals surface area contributed by atoms with E-state index in [0.29, 0.717) is 0 Å². The second kappa shape index (κ2) is 8.74. The molecule has 1 saturated heterocycles. The Bertz CT molecular complexity index is 789. The second-order valence-electron chi connectivity index (χ2n) is 7.46. The zero-order chi connectivity index (χ0) is 19.6. The highest BCUT2D eigenvalue weighted by Crippen LogP contribution is 2.24. The first-order chi connectivity index (χ1) is 12.8. The van der Waals surface area contributed by atoms with Crippen LogP contribution in [0.4, 0.5) is 5.69 Å². The van der Waals surface area contributed by atoms with E-state index < -0.39 is 0 Å². The van der Waals surface area contributed by atoms with Gasteiger partial charge in [0.1, 0.15) is 0 Å². The van der Waals surface area contributed by atoms with Crippen molar-refractivity contribution in [3.63, 3.8) is 0 Å². The average Bonchev–Trinajstić information content (AvgIpc) is 3.02. The summed E-state index contributed by atoms with van der Waals surface area (Å²) in [5.74, 6) is 0.0727. The molecule has 1 atom stereocenters. The van der Waals surface area contributed by atoms with Gasteiger partial charge in [-0.3, -0.25) is 14.6 Å². The fourth-order valence-corrected chi connectivity index (χ4v) is 4.87. The maximum Gasteiger partial charge on any atom is 0.241 e. The Morgan fingerprint density at radius 3 is 2.33 bits per heavy atom. The Hall–Kier alpha value is -1.40. The maximum atomic E-state index is 12.8. The van der Waals surface area contributed by atoms with Crippen LogP contribution in [0, 0.1) is 20.8 Å². The van der Waals surface area contributed by atoms with E-state index in [-0.39, 0.29) is 11.9 Å². The van der Waals surface area contributed by atoms with Crippen LogP contribution in [-0.4, -0.2) is 47.9 Å². The largest absolute Gasteiger partial charge is 0.324 e. The fraction of sp³-hybridized carbons (Fsp3) is 0.476. The predicted octanol–water partition coefficient (Wildman–Crippen LogP) is 4.47. The number of carbonyl (C=O) groups excluding carboxylic acids is 1. The van der Waals surface area contributed by atoms with E-state index in [1.807, 2.05) is 13.0 Å². The molecule has 1 amide bonds. The van der Waals surface area contributed by atoms with Gasteiger partial charge in [-0.2, -0.15) is 0 Å². The molecule has 1 aliphatic heterocycles. The maximum absolute atomic E-state index is 12.8. The third-order valence-electron chi connectivity index (χ3n) is 5.27. The number of hydrogen-bond acceptors (Lipinski definition) is 4. The summed E-state index contributed by atoms with van der Waals surface area (Å²) in [6, 6.07) is 8.15. The van der Waals surface area contributed by atoms with Gasteiger partial charge in [0.25, 0.3) is 0 Å². The zero-order valence-electron chi connectivity index (χ0n) is 16.5. The molecule has 0 aliphatic carbocycles. The lowest BCUT2D eigenvalue weighted by atomic mass is 10.0. The monoisotopic (exact) mass is 405 g/mol. The minimum atomic E-state index is -0.136. The zero-order valence-corrected chi connectivity index (χ0v) is 18.1. The van der Waals surface area contributed by atoms with E-state index in [1.165, 1.54) is 10.4 Å². The molecule has 3 rings (SSSR count). The van der Waals surface area contributed by atoms with E-state index in [9.17, 15) is 4.79 Å². The molecule has 1 aromatic carbocycles. The minimum Gasteiger partial charge on any atom is -0.324 e. The van der Waals surface area contributed by atoms with Crippen molar-refractivity contribution in [2.24, 2.45) is 0 Å². The third-order valence-corrected chi connectivity index (χ3v) is 6.48. The second-order valence-corrected chi connectivity index (χ2v) is 9.26. The first kappa shape index (κ1) is 20.3. The van der Waals surface area contributed by atoms with Gasteiger partial charge < -0.3 is 5.32 Å². The van der Waals surface area contributed by atoms with Crippen molar-refractivity contribution < 1.29 is 4.79 Å². The molecule has 0 spiro atoms. The Labute approximate surface area is 171 Å². The van der Waals surface area contributed by atoms with E-state index in [4.69, 9.17) is 11.6 Å². The number of rotatable bonds is 5. The highest BCUT2D eigenvalue weighted by atomic mass is 35.5. The molecule has 1 aromatic heterocycles. The molecule has 0 bridgehead atoms. The Balaban J connectivity index is 1.54. The lowest BCUT2D eigenvalue weighted by Crippen LogP contribution is -2.52. The summed E-state index contributed by atoms with van der Waals surface area (Å²) in [6.45, 7) is 12.9. The molecule has 1 N–H and O–H groups in total.